The van der Waals surface area contributed by atoms with Crippen LogP contribution in [0.5, 0.6) is 11.5 Å². The first kappa shape index (κ1) is 13.0. The normalized spacial score (nSPS) is 14.8. The maximum Gasteiger partial charge on any atom is 0.161 e. The lowest BCUT2D eigenvalue weighted by Gasteiger charge is -2.19. The summed E-state index contributed by atoms with van der Waals surface area (Å²) in [6, 6.07) is 16.9. The molecule has 2 aromatic rings. The predicted octanol–water partition coefficient (Wildman–Crippen LogP) is 3.31. The van der Waals surface area contributed by atoms with Crippen LogP contribution in [0, 0.1) is 0 Å². The lowest BCUT2D eigenvalue weighted by atomic mass is 10.1. The van der Waals surface area contributed by atoms with Crippen molar-refractivity contribution in [1.82, 2.24) is 5.32 Å². The molecule has 3 heteroatoms. The highest BCUT2D eigenvalue weighted by atomic mass is 16.6. The molecule has 0 aliphatic carbocycles. The van der Waals surface area contributed by atoms with Gasteiger partial charge in [0.15, 0.2) is 11.5 Å². The van der Waals surface area contributed by atoms with Crippen LogP contribution in [0.4, 0.5) is 0 Å². The van der Waals surface area contributed by atoms with E-state index < -0.39 is 0 Å². The van der Waals surface area contributed by atoms with E-state index >= 15 is 0 Å². The zero-order valence-corrected chi connectivity index (χ0v) is 11.6. The maximum absolute atomic E-state index is 5.60. The first-order valence-corrected chi connectivity index (χ1v) is 7.00. The van der Waals surface area contributed by atoms with Crippen LogP contribution in [0.15, 0.2) is 48.5 Å². The Morgan fingerprint density at radius 1 is 1.00 bits per heavy atom. The Hall–Kier alpha value is -2.00. The minimum atomic E-state index is 0.324. The second kappa shape index (κ2) is 5.97. The molecular weight excluding hydrogens is 250 g/mol. The molecule has 20 heavy (non-hydrogen) atoms. The molecule has 1 aliphatic rings. The Balaban J connectivity index is 1.64. The van der Waals surface area contributed by atoms with Crippen molar-refractivity contribution in [3.05, 3.63) is 59.7 Å². The first-order valence-electron chi connectivity index (χ1n) is 7.00. The van der Waals surface area contributed by atoms with E-state index in [0.717, 1.165) is 18.0 Å². The average molecular weight is 269 g/mol. The van der Waals surface area contributed by atoms with Gasteiger partial charge in [-0.05, 0) is 30.2 Å². The summed E-state index contributed by atoms with van der Waals surface area (Å²) in [5, 5.41) is 3.53. The molecule has 1 heterocycles. The van der Waals surface area contributed by atoms with Crippen LogP contribution in [0.2, 0.25) is 0 Å². The van der Waals surface area contributed by atoms with E-state index in [1.807, 2.05) is 12.1 Å². The van der Waals surface area contributed by atoms with E-state index in [9.17, 15) is 0 Å². The molecule has 3 nitrogen and oxygen atoms in total. The number of ether oxygens (including phenoxy) is 2. The quantitative estimate of drug-likeness (QED) is 0.923. The number of fused-ring (bicyclic) bond motifs is 1. The molecule has 0 radical (unpaired) electrons. The second-order valence-electron chi connectivity index (χ2n) is 4.99. The van der Waals surface area contributed by atoms with Crippen LogP contribution in [-0.2, 0) is 6.54 Å². The predicted molar refractivity (Wildman–Crippen MR) is 79.1 cm³/mol. The fourth-order valence-corrected chi connectivity index (χ4v) is 2.33. The fourth-order valence-electron chi connectivity index (χ4n) is 2.33. The highest BCUT2D eigenvalue weighted by molar-refractivity contribution is 5.43. The molecule has 0 saturated heterocycles. The van der Waals surface area contributed by atoms with Crippen molar-refractivity contribution in [2.24, 2.45) is 0 Å². The fraction of sp³-hybridized carbons (Fsp3) is 0.294. The smallest absolute Gasteiger partial charge is 0.161 e. The van der Waals surface area contributed by atoms with Gasteiger partial charge < -0.3 is 14.8 Å². The van der Waals surface area contributed by atoms with E-state index in [-0.39, 0.29) is 0 Å². The van der Waals surface area contributed by atoms with E-state index in [2.05, 4.69) is 48.6 Å². The molecule has 0 fully saturated rings. The van der Waals surface area contributed by atoms with Crippen molar-refractivity contribution < 1.29 is 9.47 Å². The molecule has 0 spiro atoms. The van der Waals surface area contributed by atoms with Gasteiger partial charge in [0, 0.05) is 12.6 Å². The standard InChI is InChI=1S/C17H19NO2/c1-13(15-5-3-2-4-6-15)18-12-14-7-8-16-17(11-14)20-10-9-19-16/h2-8,11,13,18H,9-10,12H2,1H3. The average Bonchev–Trinajstić information content (AvgIpc) is 2.53. The summed E-state index contributed by atoms with van der Waals surface area (Å²) in [6.45, 7) is 4.25. The van der Waals surface area contributed by atoms with E-state index in [1.54, 1.807) is 0 Å². The number of rotatable bonds is 4. The van der Waals surface area contributed by atoms with Crippen LogP contribution in [0.3, 0.4) is 0 Å². The van der Waals surface area contributed by atoms with Crippen molar-refractivity contribution in [2.75, 3.05) is 13.2 Å². The SMILES string of the molecule is CC(NCc1ccc2c(c1)OCCO2)c1ccccc1. The molecule has 1 unspecified atom stereocenters. The van der Waals surface area contributed by atoms with Crippen LogP contribution < -0.4 is 14.8 Å². The zero-order chi connectivity index (χ0) is 13.8. The van der Waals surface area contributed by atoms with Crippen LogP contribution in [-0.4, -0.2) is 13.2 Å². The number of hydrogen-bond donors (Lipinski definition) is 1. The van der Waals surface area contributed by atoms with E-state index in [0.29, 0.717) is 19.3 Å². The first-order chi connectivity index (χ1) is 9.83. The molecule has 0 aromatic heterocycles. The molecule has 0 saturated carbocycles. The molecule has 2 aromatic carbocycles. The highest BCUT2D eigenvalue weighted by Gasteiger charge is 2.12. The van der Waals surface area contributed by atoms with Gasteiger partial charge in [-0.25, -0.2) is 0 Å². The highest BCUT2D eigenvalue weighted by Crippen LogP contribution is 2.30. The van der Waals surface area contributed by atoms with Crippen LogP contribution >= 0.6 is 0 Å². The summed E-state index contributed by atoms with van der Waals surface area (Å²) in [7, 11) is 0. The molecule has 1 aliphatic heterocycles. The molecule has 1 atom stereocenters. The Bertz CT molecular complexity index is 568. The second-order valence-corrected chi connectivity index (χ2v) is 4.99. The van der Waals surface area contributed by atoms with Crippen molar-refractivity contribution in [3.8, 4) is 11.5 Å². The topological polar surface area (TPSA) is 30.5 Å². The van der Waals surface area contributed by atoms with E-state index in [1.165, 1.54) is 11.1 Å². The van der Waals surface area contributed by atoms with Crippen molar-refractivity contribution >= 4 is 0 Å². The van der Waals surface area contributed by atoms with Crippen molar-refractivity contribution in [2.45, 2.75) is 19.5 Å². The van der Waals surface area contributed by atoms with Crippen LogP contribution in [0.25, 0.3) is 0 Å². The summed E-state index contributed by atoms with van der Waals surface area (Å²) in [5.74, 6) is 1.69. The largest absolute Gasteiger partial charge is 0.486 e. The van der Waals surface area contributed by atoms with Crippen LogP contribution in [0.1, 0.15) is 24.1 Å². The molecule has 3 rings (SSSR count). The third-order valence-corrected chi connectivity index (χ3v) is 3.52. The maximum atomic E-state index is 5.60. The van der Waals surface area contributed by atoms with Gasteiger partial charge in [-0.1, -0.05) is 36.4 Å². The monoisotopic (exact) mass is 269 g/mol. The Labute approximate surface area is 119 Å². The van der Waals surface area contributed by atoms with Gasteiger partial charge in [0.1, 0.15) is 13.2 Å². The third kappa shape index (κ3) is 2.94. The third-order valence-electron chi connectivity index (χ3n) is 3.52. The van der Waals surface area contributed by atoms with Gasteiger partial charge >= 0.3 is 0 Å². The Morgan fingerprint density at radius 2 is 1.75 bits per heavy atom. The van der Waals surface area contributed by atoms with Gasteiger partial charge in [0.25, 0.3) is 0 Å². The van der Waals surface area contributed by atoms with Gasteiger partial charge in [-0.3, -0.25) is 0 Å². The molecule has 104 valence electrons. The van der Waals surface area contributed by atoms with Gasteiger partial charge in [-0.2, -0.15) is 0 Å². The number of nitrogens with one attached hydrogen (secondary N) is 1. The summed E-state index contributed by atoms with van der Waals surface area (Å²) in [6.07, 6.45) is 0. The summed E-state index contributed by atoms with van der Waals surface area (Å²) < 4.78 is 11.1. The molecule has 0 amide bonds. The van der Waals surface area contributed by atoms with E-state index in [4.69, 9.17) is 9.47 Å². The minimum absolute atomic E-state index is 0.324. The molecule has 1 N–H and O–H groups in total. The lowest BCUT2D eigenvalue weighted by Crippen LogP contribution is -2.19. The summed E-state index contributed by atoms with van der Waals surface area (Å²) in [5.41, 5.74) is 2.50. The van der Waals surface area contributed by atoms with Gasteiger partial charge in [-0.15, -0.1) is 0 Å². The molecule has 0 bridgehead atoms. The number of benzene rings is 2. The zero-order valence-electron chi connectivity index (χ0n) is 11.6. The summed E-state index contributed by atoms with van der Waals surface area (Å²) in [4.78, 5) is 0. The van der Waals surface area contributed by atoms with Gasteiger partial charge in [0.2, 0.25) is 0 Å². The molecular formula is C17H19NO2. The Kier molecular flexibility index (Phi) is 3.88. The van der Waals surface area contributed by atoms with Crippen molar-refractivity contribution in [1.29, 1.82) is 0 Å². The van der Waals surface area contributed by atoms with Gasteiger partial charge in [0.05, 0.1) is 0 Å². The summed E-state index contributed by atoms with van der Waals surface area (Å²) >= 11 is 0. The number of hydrogen-bond acceptors (Lipinski definition) is 3. The lowest BCUT2D eigenvalue weighted by molar-refractivity contribution is 0.171. The van der Waals surface area contributed by atoms with Crippen molar-refractivity contribution in [3.63, 3.8) is 0 Å². The Morgan fingerprint density at radius 3 is 2.55 bits per heavy atom. The minimum Gasteiger partial charge on any atom is -0.486 e.